The van der Waals surface area contributed by atoms with Gasteiger partial charge in [0, 0.05) is 18.7 Å². The zero-order valence-electron chi connectivity index (χ0n) is 12.9. The Bertz CT molecular complexity index is 553. The van der Waals surface area contributed by atoms with Crippen LogP contribution in [-0.4, -0.2) is 16.7 Å². The minimum Gasteiger partial charge on any atom is -0.312 e. The van der Waals surface area contributed by atoms with E-state index in [-0.39, 0.29) is 0 Å². The first-order valence-corrected chi connectivity index (χ1v) is 8.11. The van der Waals surface area contributed by atoms with Gasteiger partial charge in [0.15, 0.2) is 0 Å². The van der Waals surface area contributed by atoms with E-state index in [1.165, 1.54) is 43.2 Å². The lowest BCUT2D eigenvalue weighted by atomic mass is 9.83. The Hall–Kier alpha value is -1.61. The number of nitrogens with zero attached hydrogens (tertiary/aromatic N) is 1. The van der Waals surface area contributed by atoms with Crippen molar-refractivity contribution in [3.05, 3.63) is 42.1 Å². The van der Waals surface area contributed by atoms with Gasteiger partial charge < -0.3 is 5.32 Å². The highest BCUT2D eigenvalue weighted by Crippen LogP contribution is 2.40. The second-order valence-electron chi connectivity index (χ2n) is 6.30. The number of rotatable bonds is 6. The predicted molar refractivity (Wildman–Crippen MR) is 86.9 cm³/mol. The minimum atomic E-state index is 0.538. The largest absolute Gasteiger partial charge is 0.312 e. The standard InChI is InChI=1S/C18H25N3/c1-2-18(10-6-7-11-18)14-19-12-16-13-20-21-17(16)15-8-4-3-5-9-15/h3-5,8-9,13,19H,2,6-7,10-12,14H2,1H3,(H,20,21). The summed E-state index contributed by atoms with van der Waals surface area (Å²) in [5, 5.41) is 11.0. The molecule has 0 amide bonds. The van der Waals surface area contributed by atoms with Crippen LogP contribution >= 0.6 is 0 Å². The van der Waals surface area contributed by atoms with Gasteiger partial charge in [0.1, 0.15) is 0 Å². The lowest BCUT2D eigenvalue weighted by molar-refractivity contribution is 0.268. The zero-order valence-corrected chi connectivity index (χ0v) is 12.9. The van der Waals surface area contributed by atoms with Crippen LogP contribution in [0.4, 0.5) is 0 Å². The van der Waals surface area contributed by atoms with E-state index in [1.54, 1.807) is 0 Å². The number of nitrogens with one attached hydrogen (secondary N) is 2. The lowest BCUT2D eigenvalue weighted by Crippen LogP contribution is -2.31. The Kier molecular flexibility index (Phi) is 4.39. The smallest absolute Gasteiger partial charge is 0.0695 e. The van der Waals surface area contributed by atoms with Crippen LogP contribution in [0.1, 0.15) is 44.6 Å². The third-order valence-corrected chi connectivity index (χ3v) is 5.01. The van der Waals surface area contributed by atoms with Crippen molar-refractivity contribution in [3.8, 4) is 11.3 Å². The summed E-state index contributed by atoms with van der Waals surface area (Å²) in [6, 6.07) is 10.4. The molecule has 2 aromatic rings. The molecule has 3 nitrogen and oxygen atoms in total. The molecule has 3 rings (SSSR count). The summed E-state index contributed by atoms with van der Waals surface area (Å²) in [6.07, 6.45) is 8.80. The van der Waals surface area contributed by atoms with Crippen molar-refractivity contribution in [1.29, 1.82) is 0 Å². The molecule has 0 atom stereocenters. The van der Waals surface area contributed by atoms with Gasteiger partial charge in [0.2, 0.25) is 0 Å². The Morgan fingerprint density at radius 1 is 1.19 bits per heavy atom. The molecule has 1 fully saturated rings. The Morgan fingerprint density at radius 3 is 2.67 bits per heavy atom. The maximum atomic E-state index is 4.22. The van der Waals surface area contributed by atoms with Gasteiger partial charge in [-0.05, 0) is 30.2 Å². The highest BCUT2D eigenvalue weighted by Gasteiger charge is 2.31. The van der Waals surface area contributed by atoms with E-state index >= 15 is 0 Å². The normalized spacial score (nSPS) is 17.2. The van der Waals surface area contributed by atoms with Crippen molar-refractivity contribution in [2.24, 2.45) is 5.41 Å². The van der Waals surface area contributed by atoms with Crippen LogP contribution in [0.2, 0.25) is 0 Å². The van der Waals surface area contributed by atoms with Gasteiger partial charge in [0.25, 0.3) is 0 Å². The molecular weight excluding hydrogens is 258 g/mol. The monoisotopic (exact) mass is 283 g/mol. The van der Waals surface area contributed by atoms with Crippen LogP contribution in [0.25, 0.3) is 11.3 Å². The quantitative estimate of drug-likeness (QED) is 0.836. The van der Waals surface area contributed by atoms with E-state index in [0.29, 0.717) is 5.41 Å². The van der Waals surface area contributed by atoms with E-state index in [0.717, 1.165) is 18.8 Å². The number of H-pyrrole nitrogens is 1. The average molecular weight is 283 g/mol. The molecule has 0 radical (unpaired) electrons. The molecule has 1 aliphatic carbocycles. The first-order valence-electron chi connectivity index (χ1n) is 8.11. The minimum absolute atomic E-state index is 0.538. The summed E-state index contributed by atoms with van der Waals surface area (Å²) in [5.74, 6) is 0. The third kappa shape index (κ3) is 3.18. The van der Waals surface area contributed by atoms with Gasteiger partial charge in [-0.3, -0.25) is 5.10 Å². The first kappa shape index (κ1) is 14.3. The summed E-state index contributed by atoms with van der Waals surface area (Å²) in [5.41, 5.74) is 4.14. The molecule has 0 unspecified atom stereocenters. The average Bonchev–Trinajstić information content (AvgIpc) is 3.18. The van der Waals surface area contributed by atoms with Gasteiger partial charge in [-0.1, -0.05) is 50.1 Å². The molecule has 112 valence electrons. The number of benzene rings is 1. The van der Waals surface area contributed by atoms with Crippen molar-refractivity contribution in [3.63, 3.8) is 0 Å². The van der Waals surface area contributed by atoms with Crippen molar-refractivity contribution in [1.82, 2.24) is 15.5 Å². The van der Waals surface area contributed by atoms with Crippen LogP contribution in [0, 0.1) is 5.41 Å². The fourth-order valence-corrected chi connectivity index (χ4v) is 3.54. The Balaban J connectivity index is 1.63. The Labute approximate surface area is 127 Å². The molecular formula is C18H25N3. The molecule has 1 aromatic heterocycles. The van der Waals surface area contributed by atoms with Crippen LogP contribution in [0.5, 0.6) is 0 Å². The van der Waals surface area contributed by atoms with Gasteiger partial charge in [0.05, 0.1) is 11.9 Å². The third-order valence-electron chi connectivity index (χ3n) is 5.01. The number of hydrogen-bond acceptors (Lipinski definition) is 2. The van der Waals surface area contributed by atoms with Crippen molar-refractivity contribution < 1.29 is 0 Å². The van der Waals surface area contributed by atoms with Gasteiger partial charge in [-0.15, -0.1) is 0 Å². The van der Waals surface area contributed by atoms with Gasteiger partial charge in [-0.2, -0.15) is 5.10 Å². The summed E-state index contributed by atoms with van der Waals surface area (Å²) in [6.45, 7) is 4.35. The summed E-state index contributed by atoms with van der Waals surface area (Å²) in [7, 11) is 0. The van der Waals surface area contributed by atoms with Gasteiger partial charge in [-0.25, -0.2) is 0 Å². The summed E-state index contributed by atoms with van der Waals surface area (Å²) in [4.78, 5) is 0. The highest BCUT2D eigenvalue weighted by atomic mass is 15.1. The van der Waals surface area contributed by atoms with Gasteiger partial charge >= 0.3 is 0 Å². The Morgan fingerprint density at radius 2 is 1.95 bits per heavy atom. The molecule has 3 heteroatoms. The molecule has 0 spiro atoms. The first-order chi connectivity index (χ1) is 10.3. The van der Waals surface area contributed by atoms with E-state index in [1.807, 2.05) is 12.3 Å². The molecule has 2 N–H and O–H groups in total. The number of hydrogen-bond donors (Lipinski definition) is 2. The van der Waals surface area contributed by atoms with E-state index in [4.69, 9.17) is 0 Å². The highest BCUT2D eigenvalue weighted by molar-refractivity contribution is 5.62. The van der Waals surface area contributed by atoms with Crippen molar-refractivity contribution in [2.75, 3.05) is 6.54 Å². The van der Waals surface area contributed by atoms with Crippen LogP contribution in [0.3, 0.4) is 0 Å². The molecule has 1 saturated carbocycles. The summed E-state index contributed by atoms with van der Waals surface area (Å²) < 4.78 is 0. The van der Waals surface area contributed by atoms with E-state index in [2.05, 4.69) is 46.7 Å². The second-order valence-corrected chi connectivity index (χ2v) is 6.30. The molecule has 1 aromatic carbocycles. The molecule has 1 aliphatic rings. The van der Waals surface area contributed by atoms with E-state index < -0.39 is 0 Å². The summed E-state index contributed by atoms with van der Waals surface area (Å²) >= 11 is 0. The number of aromatic amines is 1. The predicted octanol–water partition coefficient (Wildman–Crippen LogP) is 4.14. The molecule has 0 saturated heterocycles. The number of aromatic nitrogens is 2. The molecule has 21 heavy (non-hydrogen) atoms. The molecule has 1 heterocycles. The SMILES string of the molecule is CCC1(CNCc2cn[nH]c2-c2ccccc2)CCCC1. The van der Waals surface area contributed by atoms with Crippen molar-refractivity contribution >= 4 is 0 Å². The van der Waals surface area contributed by atoms with Crippen molar-refractivity contribution in [2.45, 2.75) is 45.6 Å². The van der Waals surface area contributed by atoms with E-state index in [9.17, 15) is 0 Å². The maximum Gasteiger partial charge on any atom is 0.0695 e. The fourth-order valence-electron chi connectivity index (χ4n) is 3.54. The zero-order chi connectivity index (χ0) is 14.5. The maximum absolute atomic E-state index is 4.22. The topological polar surface area (TPSA) is 40.7 Å². The lowest BCUT2D eigenvalue weighted by Gasteiger charge is -2.27. The second kappa shape index (κ2) is 6.44. The molecule has 0 aliphatic heterocycles. The molecule has 0 bridgehead atoms. The van der Waals surface area contributed by atoms with Crippen LogP contribution in [0.15, 0.2) is 36.5 Å². The van der Waals surface area contributed by atoms with Crippen LogP contribution < -0.4 is 5.32 Å². The fraction of sp³-hybridized carbons (Fsp3) is 0.500. The van der Waals surface area contributed by atoms with Crippen LogP contribution in [-0.2, 0) is 6.54 Å².